The van der Waals surface area contributed by atoms with Crippen molar-refractivity contribution in [3.63, 3.8) is 0 Å². The Hall–Kier alpha value is -2.62. The van der Waals surface area contributed by atoms with Gasteiger partial charge in [-0.3, -0.25) is 9.59 Å². The van der Waals surface area contributed by atoms with Gasteiger partial charge in [0.15, 0.2) is 0 Å². The van der Waals surface area contributed by atoms with Crippen LogP contribution in [0.5, 0.6) is 0 Å². The van der Waals surface area contributed by atoms with E-state index in [1.54, 1.807) is 25.7 Å². The number of amides is 2. The zero-order valence-corrected chi connectivity index (χ0v) is 25.8. The summed E-state index contributed by atoms with van der Waals surface area (Å²) in [6.45, 7) is 13.3. The Kier molecular flexibility index (Phi) is 10.3. The van der Waals surface area contributed by atoms with Gasteiger partial charge >= 0.3 is 18.0 Å². The van der Waals surface area contributed by atoms with Crippen LogP contribution in [-0.4, -0.2) is 53.3 Å². The summed E-state index contributed by atoms with van der Waals surface area (Å²) in [4.78, 5) is 53.5. The third kappa shape index (κ3) is 8.69. The molecule has 2 fully saturated rings. The average Bonchev–Trinajstić information content (AvgIpc) is 3.29. The number of hydrogen-bond donors (Lipinski definition) is 2. The van der Waals surface area contributed by atoms with Crippen molar-refractivity contribution < 1.29 is 33.8 Å². The quantitative estimate of drug-likeness (QED) is 0.365. The SMILES string of the molecule is CC(C)(C)OC(=O)NCC(=O)O[C@H]1CC[C@H](N(c2cc(C(C)(C)C)sc2C(=O)O)C(=O)[C@H]2CC[C@H](C)CC2)CC1. The number of carboxylic acids is 1. The van der Waals surface area contributed by atoms with Crippen LogP contribution >= 0.6 is 11.3 Å². The molecule has 10 heteroatoms. The van der Waals surface area contributed by atoms with Gasteiger partial charge in [-0.15, -0.1) is 11.3 Å². The van der Waals surface area contributed by atoms with Gasteiger partial charge in [0, 0.05) is 16.8 Å². The maximum Gasteiger partial charge on any atom is 0.408 e. The molecule has 1 heterocycles. The van der Waals surface area contributed by atoms with Gasteiger partial charge in [-0.2, -0.15) is 0 Å². The Bertz CT molecular complexity index is 1070. The normalized spacial score (nSPS) is 23.7. The lowest BCUT2D eigenvalue weighted by atomic mass is 9.81. The molecule has 0 spiro atoms. The Morgan fingerprint density at radius 1 is 0.975 bits per heavy atom. The van der Waals surface area contributed by atoms with Crippen molar-refractivity contribution in [1.82, 2.24) is 5.32 Å². The van der Waals surface area contributed by atoms with Crippen LogP contribution in [-0.2, 0) is 24.5 Å². The van der Waals surface area contributed by atoms with Gasteiger partial charge in [0.1, 0.15) is 23.1 Å². The van der Waals surface area contributed by atoms with E-state index in [0.29, 0.717) is 37.3 Å². The predicted octanol–water partition coefficient (Wildman–Crippen LogP) is 6.28. The van der Waals surface area contributed by atoms with Gasteiger partial charge in [-0.05, 0) is 89.5 Å². The minimum Gasteiger partial charge on any atom is -0.477 e. The second-order valence-corrected chi connectivity index (χ2v) is 14.4. The standard InChI is InChI=1S/C30H46N2O7S/c1-18-8-10-19(11-9-18)26(34)32(22-16-23(29(2,3)4)40-25(22)27(35)36)20-12-14-21(15-13-20)38-24(33)17-31-28(37)39-30(5,6)7/h16,18-21H,8-15,17H2,1-7H3,(H,31,37)(H,35,36)/t18-,19-,20-,21-. The molecule has 2 aliphatic carbocycles. The fraction of sp³-hybridized carbons (Fsp3) is 0.733. The lowest BCUT2D eigenvalue weighted by molar-refractivity contribution is -0.149. The second kappa shape index (κ2) is 12.9. The molecular weight excluding hydrogens is 532 g/mol. The number of nitrogens with one attached hydrogen (secondary N) is 1. The first kappa shape index (κ1) is 31.9. The Morgan fingerprint density at radius 2 is 1.57 bits per heavy atom. The fourth-order valence-electron chi connectivity index (χ4n) is 5.39. The molecule has 2 saturated carbocycles. The van der Waals surface area contributed by atoms with Gasteiger partial charge < -0.3 is 24.8 Å². The number of carboxylic acid groups (broad SMARTS) is 1. The fourth-order valence-corrected chi connectivity index (χ4v) is 6.44. The molecule has 0 saturated heterocycles. The second-order valence-electron chi connectivity index (χ2n) is 13.3. The first-order valence-corrected chi connectivity index (χ1v) is 15.2. The Morgan fingerprint density at radius 3 is 2.10 bits per heavy atom. The molecule has 9 nitrogen and oxygen atoms in total. The summed E-state index contributed by atoms with van der Waals surface area (Å²) in [7, 11) is 0. The van der Waals surface area contributed by atoms with E-state index >= 15 is 0 Å². The number of carbonyl (C=O) groups is 4. The van der Waals surface area contributed by atoms with Crippen LogP contribution in [0.1, 0.15) is 114 Å². The third-order valence-electron chi connectivity index (χ3n) is 7.59. The summed E-state index contributed by atoms with van der Waals surface area (Å²) >= 11 is 1.24. The number of thiophene rings is 1. The molecule has 0 bridgehead atoms. The Labute approximate surface area is 242 Å². The van der Waals surface area contributed by atoms with Crippen molar-refractivity contribution in [3.8, 4) is 0 Å². The zero-order valence-electron chi connectivity index (χ0n) is 25.0. The highest BCUT2D eigenvalue weighted by atomic mass is 32.1. The average molecular weight is 579 g/mol. The summed E-state index contributed by atoms with van der Waals surface area (Å²) in [5.74, 6) is -1.08. The van der Waals surface area contributed by atoms with E-state index in [9.17, 15) is 24.3 Å². The molecule has 0 atom stereocenters. The molecule has 0 aliphatic heterocycles. The highest BCUT2D eigenvalue weighted by molar-refractivity contribution is 7.14. The number of carbonyl (C=O) groups excluding carboxylic acids is 3. The summed E-state index contributed by atoms with van der Waals surface area (Å²) in [6.07, 6.45) is 4.87. The first-order valence-electron chi connectivity index (χ1n) is 14.4. The molecule has 2 aliphatic rings. The van der Waals surface area contributed by atoms with Crippen molar-refractivity contribution in [3.05, 3.63) is 15.8 Å². The van der Waals surface area contributed by atoms with Crippen molar-refractivity contribution in [2.24, 2.45) is 11.8 Å². The number of alkyl carbamates (subject to hydrolysis) is 1. The van der Waals surface area contributed by atoms with E-state index < -0.39 is 23.6 Å². The van der Waals surface area contributed by atoms with Crippen LogP contribution in [0.2, 0.25) is 0 Å². The number of esters is 1. The zero-order chi connectivity index (χ0) is 29.8. The van der Waals surface area contributed by atoms with Gasteiger partial charge in [0.05, 0.1) is 5.69 Å². The lowest BCUT2D eigenvalue weighted by Gasteiger charge is -2.39. The number of ether oxygens (including phenoxy) is 2. The molecule has 2 N–H and O–H groups in total. The molecule has 0 radical (unpaired) electrons. The van der Waals surface area contributed by atoms with E-state index in [1.165, 1.54) is 11.3 Å². The molecule has 40 heavy (non-hydrogen) atoms. The van der Waals surface area contributed by atoms with Crippen LogP contribution < -0.4 is 10.2 Å². The molecule has 3 rings (SSSR count). The molecule has 0 unspecified atom stereocenters. The van der Waals surface area contributed by atoms with Crippen LogP contribution in [0.4, 0.5) is 10.5 Å². The van der Waals surface area contributed by atoms with Crippen molar-refractivity contribution in [2.75, 3.05) is 11.4 Å². The summed E-state index contributed by atoms with van der Waals surface area (Å²) in [6, 6.07) is 1.72. The highest BCUT2D eigenvalue weighted by Gasteiger charge is 2.38. The van der Waals surface area contributed by atoms with Gasteiger partial charge in [-0.25, -0.2) is 9.59 Å². The topological polar surface area (TPSA) is 122 Å². The van der Waals surface area contributed by atoms with Gasteiger partial charge in [0.25, 0.3) is 0 Å². The number of anilines is 1. The van der Waals surface area contributed by atoms with Crippen LogP contribution in [0.15, 0.2) is 6.07 Å². The lowest BCUT2D eigenvalue weighted by Crippen LogP contribution is -2.47. The first-order chi connectivity index (χ1) is 18.5. The summed E-state index contributed by atoms with van der Waals surface area (Å²) in [5, 5.41) is 12.5. The van der Waals surface area contributed by atoms with Crippen molar-refractivity contribution in [2.45, 2.75) is 123 Å². The number of nitrogens with zero attached hydrogens (tertiary/aromatic N) is 1. The van der Waals surface area contributed by atoms with E-state index in [4.69, 9.17) is 9.47 Å². The summed E-state index contributed by atoms with van der Waals surface area (Å²) < 4.78 is 10.8. The van der Waals surface area contributed by atoms with Crippen LogP contribution in [0, 0.1) is 11.8 Å². The van der Waals surface area contributed by atoms with E-state index in [0.717, 1.165) is 30.6 Å². The van der Waals surface area contributed by atoms with Crippen LogP contribution in [0.25, 0.3) is 0 Å². The van der Waals surface area contributed by atoms with Gasteiger partial charge in [0.2, 0.25) is 5.91 Å². The molecule has 0 aromatic carbocycles. The highest BCUT2D eigenvalue weighted by Crippen LogP contribution is 2.42. The molecule has 1 aromatic heterocycles. The molecule has 2 amide bonds. The molecular formula is C30H46N2O7S. The third-order valence-corrected chi connectivity index (χ3v) is 9.13. The summed E-state index contributed by atoms with van der Waals surface area (Å²) in [5.41, 5.74) is -0.420. The van der Waals surface area contributed by atoms with E-state index in [-0.39, 0.29) is 40.8 Å². The maximum absolute atomic E-state index is 14.0. The predicted molar refractivity (Wildman–Crippen MR) is 155 cm³/mol. The van der Waals surface area contributed by atoms with Crippen LogP contribution in [0.3, 0.4) is 0 Å². The smallest absolute Gasteiger partial charge is 0.408 e. The van der Waals surface area contributed by atoms with Crippen molar-refractivity contribution >= 4 is 41.0 Å². The monoisotopic (exact) mass is 578 g/mol. The number of hydrogen-bond acceptors (Lipinski definition) is 7. The number of aromatic carboxylic acids is 1. The Balaban J connectivity index is 1.73. The molecule has 1 aromatic rings. The number of rotatable bonds is 7. The maximum atomic E-state index is 14.0. The minimum atomic E-state index is -1.02. The van der Waals surface area contributed by atoms with Gasteiger partial charge in [-0.1, -0.05) is 27.7 Å². The van der Waals surface area contributed by atoms with Crippen molar-refractivity contribution in [1.29, 1.82) is 0 Å². The van der Waals surface area contributed by atoms with E-state index in [2.05, 4.69) is 12.2 Å². The van der Waals surface area contributed by atoms with E-state index in [1.807, 2.05) is 26.8 Å². The molecule has 224 valence electrons. The minimum absolute atomic E-state index is 0.00895. The largest absolute Gasteiger partial charge is 0.477 e.